The van der Waals surface area contributed by atoms with E-state index in [1.807, 2.05) is 68.4 Å². The highest BCUT2D eigenvalue weighted by Crippen LogP contribution is 2.66. The number of nitrogens with zero attached hydrogens (tertiary/aromatic N) is 4. The second-order valence-corrected chi connectivity index (χ2v) is 12.5. The molecule has 2 unspecified atom stereocenters. The zero-order valence-electron chi connectivity index (χ0n) is 21.9. The third-order valence-electron chi connectivity index (χ3n) is 8.47. The van der Waals surface area contributed by atoms with Crippen molar-refractivity contribution in [3.05, 3.63) is 54.6 Å². The van der Waals surface area contributed by atoms with Crippen molar-refractivity contribution in [2.45, 2.75) is 55.4 Å². The topological polar surface area (TPSA) is 129 Å². The predicted octanol–water partition coefficient (Wildman–Crippen LogP) is 2.25. The fraction of sp³-hybridized carbons (Fsp3) is 0.464. The summed E-state index contributed by atoms with van der Waals surface area (Å²) in [6.45, 7) is 3.69. The molecule has 3 saturated heterocycles. The first-order valence-electron chi connectivity index (χ1n) is 13.4. The van der Waals surface area contributed by atoms with Gasteiger partial charge in [0.15, 0.2) is 0 Å². The molecule has 6 atom stereocenters. The van der Waals surface area contributed by atoms with Crippen molar-refractivity contribution >= 4 is 46.2 Å². The number of rotatable bonds is 8. The molecule has 1 aromatic heterocycles. The number of aliphatic hydroxyl groups is 1. The quantitative estimate of drug-likeness (QED) is 0.394. The summed E-state index contributed by atoms with van der Waals surface area (Å²) >= 11 is 1.61. The molecule has 0 saturated carbocycles. The van der Waals surface area contributed by atoms with Crippen LogP contribution in [-0.2, 0) is 21.1 Å². The highest BCUT2D eigenvalue weighted by atomic mass is 32.2. The highest BCUT2D eigenvalue weighted by Gasteiger charge is 2.74. The number of amides is 3. The first kappa shape index (κ1) is 25.8. The van der Waals surface area contributed by atoms with Crippen molar-refractivity contribution in [3.63, 3.8) is 0 Å². The normalized spacial score (nSPS) is 28.2. The van der Waals surface area contributed by atoms with Gasteiger partial charge in [-0.25, -0.2) is 4.68 Å². The van der Waals surface area contributed by atoms with Crippen LogP contribution in [0.25, 0.3) is 11.0 Å². The molecule has 3 N–H and O–H groups in total. The van der Waals surface area contributed by atoms with Crippen LogP contribution >= 0.6 is 11.8 Å². The van der Waals surface area contributed by atoms with Crippen LogP contribution in [0.4, 0.5) is 5.69 Å². The SMILES string of the molecule is CC(C)[C@H](CO)N1C(=O)[C@@H]2[C@H](C(=O)Nc3ccccc3)[C@@H]3CCC2(S3)C1C(=O)NCn1nnc2ccccc21. The van der Waals surface area contributed by atoms with Gasteiger partial charge < -0.3 is 20.6 Å². The molecule has 3 amide bonds. The average molecular weight is 549 g/mol. The van der Waals surface area contributed by atoms with E-state index in [1.165, 1.54) is 0 Å². The summed E-state index contributed by atoms with van der Waals surface area (Å²) in [6.07, 6.45) is 1.41. The van der Waals surface area contributed by atoms with E-state index in [0.29, 0.717) is 12.1 Å². The van der Waals surface area contributed by atoms with Crippen LogP contribution in [0.5, 0.6) is 0 Å². The van der Waals surface area contributed by atoms with Crippen LogP contribution in [0.1, 0.15) is 26.7 Å². The smallest absolute Gasteiger partial charge is 0.245 e. The van der Waals surface area contributed by atoms with E-state index in [1.54, 1.807) is 21.3 Å². The van der Waals surface area contributed by atoms with E-state index < -0.39 is 28.7 Å². The van der Waals surface area contributed by atoms with E-state index in [2.05, 4.69) is 20.9 Å². The number of hydrogen-bond acceptors (Lipinski definition) is 7. The standard InChI is InChI=1S/C28H32N6O4S/c1-16(2)20(14-35)34-24(26(37)29-15-33-19-11-7-6-10-18(19)31-32-33)28-13-12-21(39-28)22(23(28)27(34)38)25(36)30-17-8-4-3-5-9-17/h3-11,16,20-24,35H,12-15H2,1-2H3,(H,29,37)(H,30,36)/t20-,21-,22+,23-,24?,28?/m0/s1. The molecule has 3 aliphatic rings. The van der Waals surface area contributed by atoms with Gasteiger partial charge in [-0.05, 0) is 43.0 Å². The maximum absolute atomic E-state index is 14.2. The number of fused-ring (bicyclic) bond motifs is 2. The summed E-state index contributed by atoms with van der Waals surface area (Å²) in [6, 6.07) is 15.4. The van der Waals surface area contributed by atoms with Gasteiger partial charge in [0.2, 0.25) is 17.7 Å². The number of benzene rings is 2. The third kappa shape index (κ3) is 4.10. The fourth-order valence-electron chi connectivity index (χ4n) is 6.70. The Morgan fingerprint density at radius 2 is 1.87 bits per heavy atom. The molecule has 3 aliphatic heterocycles. The monoisotopic (exact) mass is 548 g/mol. The number of para-hydroxylation sites is 2. The molecule has 0 aliphatic carbocycles. The van der Waals surface area contributed by atoms with Crippen molar-refractivity contribution in [2.75, 3.05) is 11.9 Å². The number of aromatic nitrogens is 3. The summed E-state index contributed by atoms with van der Waals surface area (Å²) in [7, 11) is 0. The lowest BCUT2D eigenvalue weighted by atomic mass is 9.70. The van der Waals surface area contributed by atoms with Crippen LogP contribution in [0, 0.1) is 17.8 Å². The molecule has 3 aromatic rings. The molecular formula is C28H32N6O4S. The van der Waals surface area contributed by atoms with Crippen molar-refractivity contribution < 1.29 is 19.5 Å². The van der Waals surface area contributed by atoms with Gasteiger partial charge >= 0.3 is 0 Å². The van der Waals surface area contributed by atoms with Crippen LogP contribution in [0.2, 0.25) is 0 Å². The van der Waals surface area contributed by atoms with E-state index in [4.69, 9.17) is 0 Å². The Morgan fingerprint density at radius 1 is 1.13 bits per heavy atom. The Labute approximate surface area is 230 Å². The number of nitrogens with one attached hydrogen (secondary N) is 2. The molecule has 10 nitrogen and oxygen atoms in total. The zero-order chi connectivity index (χ0) is 27.3. The Hall–Kier alpha value is -3.44. The number of likely N-dealkylation sites (tertiary alicyclic amines) is 1. The molecular weight excluding hydrogens is 516 g/mol. The number of carbonyl (C=O) groups is 3. The van der Waals surface area contributed by atoms with Crippen LogP contribution in [0.15, 0.2) is 54.6 Å². The Bertz CT molecular complexity index is 1410. The molecule has 11 heteroatoms. The van der Waals surface area contributed by atoms with Gasteiger partial charge in [-0.1, -0.05) is 49.4 Å². The second-order valence-electron chi connectivity index (χ2n) is 10.9. The Kier molecular flexibility index (Phi) is 6.58. The lowest BCUT2D eigenvalue weighted by Gasteiger charge is -2.38. The highest BCUT2D eigenvalue weighted by molar-refractivity contribution is 8.02. The van der Waals surface area contributed by atoms with Gasteiger partial charge in [-0.15, -0.1) is 16.9 Å². The summed E-state index contributed by atoms with van der Waals surface area (Å²) < 4.78 is 0.877. The lowest BCUT2D eigenvalue weighted by molar-refractivity contribution is -0.143. The maximum Gasteiger partial charge on any atom is 0.245 e. The molecule has 1 spiro atoms. The average Bonchev–Trinajstić information content (AvgIpc) is 3.68. The van der Waals surface area contributed by atoms with E-state index in [0.717, 1.165) is 17.5 Å². The molecule has 4 heterocycles. The van der Waals surface area contributed by atoms with Crippen molar-refractivity contribution in [1.29, 1.82) is 0 Å². The molecule has 3 fully saturated rings. The number of carbonyl (C=O) groups excluding carboxylic acids is 3. The minimum atomic E-state index is -0.811. The molecule has 204 valence electrons. The predicted molar refractivity (Wildman–Crippen MR) is 147 cm³/mol. The van der Waals surface area contributed by atoms with Crippen LogP contribution in [-0.4, -0.2) is 71.4 Å². The van der Waals surface area contributed by atoms with Gasteiger partial charge in [0.05, 0.1) is 34.7 Å². The number of hydrogen-bond donors (Lipinski definition) is 3. The minimum absolute atomic E-state index is 0.0500. The zero-order valence-corrected chi connectivity index (χ0v) is 22.7. The van der Waals surface area contributed by atoms with Gasteiger partial charge in [-0.3, -0.25) is 14.4 Å². The molecule has 2 bridgehead atoms. The molecule has 0 radical (unpaired) electrons. The summed E-state index contributed by atoms with van der Waals surface area (Å²) in [5.41, 5.74) is 2.19. The van der Waals surface area contributed by atoms with Gasteiger partial charge in [-0.2, -0.15) is 0 Å². The summed E-state index contributed by atoms with van der Waals surface area (Å²) in [5.74, 6) is -2.00. The van der Waals surface area contributed by atoms with Crippen molar-refractivity contribution in [2.24, 2.45) is 17.8 Å². The van der Waals surface area contributed by atoms with Gasteiger partial charge in [0.25, 0.3) is 0 Å². The summed E-state index contributed by atoms with van der Waals surface area (Å²) in [4.78, 5) is 43.4. The Morgan fingerprint density at radius 3 is 2.62 bits per heavy atom. The Balaban J connectivity index is 1.32. The second kappa shape index (κ2) is 9.95. The van der Waals surface area contributed by atoms with Crippen LogP contribution in [0.3, 0.4) is 0 Å². The van der Waals surface area contributed by atoms with Gasteiger partial charge in [0.1, 0.15) is 18.2 Å². The van der Waals surface area contributed by atoms with Crippen LogP contribution < -0.4 is 10.6 Å². The largest absolute Gasteiger partial charge is 0.394 e. The molecule has 6 rings (SSSR count). The fourth-order valence-corrected chi connectivity index (χ4v) is 8.90. The third-order valence-corrected chi connectivity index (χ3v) is 10.4. The molecule has 2 aromatic carbocycles. The number of aliphatic hydroxyl groups excluding tert-OH is 1. The lowest BCUT2D eigenvalue weighted by Crippen LogP contribution is -2.57. The van der Waals surface area contributed by atoms with Crippen molar-refractivity contribution in [1.82, 2.24) is 25.2 Å². The number of thioether (sulfide) groups is 1. The van der Waals surface area contributed by atoms with E-state index in [-0.39, 0.29) is 42.2 Å². The molecule has 39 heavy (non-hydrogen) atoms. The first-order valence-corrected chi connectivity index (χ1v) is 14.3. The minimum Gasteiger partial charge on any atom is -0.394 e. The maximum atomic E-state index is 14.2. The first-order chi connectivity index (χ1) is 18.9. The number of anilines is 1. The van der Waals surface area contributed by atoms with E-state index >= 15 is 0 Å². The van der Waals surface area contributed by atoms with Crippen molar-refractivity contribution in [3.8, 4) is 0 Å². The van der Waals surface area contributed by atoms with Gasteiger partial charge in [0, 0.05) is 10.9 Å². The van der Waals surface area contributed by atoms with E-state index in [9.17, 15) is 19.5 Å². The summed E-state index contributed by atoms with van der Waals surface area (Å²) in [5, 5.41) is 24.6.